The third kappa shape index (κ3) is 4.09. The summed E-state index contributed by atoms with van der Waals surface area (Å²) in [6.45, 7) is 4.92. The number of nitrogens with two attached hydrogens (primary N) is 1. The number of hydrogen-bond acceptors (Lipinski definition) is 3. The van der Waals surface area contributed by atoms with Crippen molar-refractivity contribution in [3.05, 3.63) is 65.2 Å². The molecule has 0 fully saturated rings. The lowest BCUT2D eigenvalue weighted by Crippen LogP contribution is -2.33. The maximum Gasteiger partial charge on any atom is 0.241 e. The van der Waals surface area contributed by atoms with Gasteiger partial charge in [0.05, 0.1) is 6.61 Å². The topological polar surface area (TPSA) is 64.3 Å². The van der Waals surface area contributed by atoms with Crippen LogP contribution in [0.4, 0.5) is 0 Å². The number of carbonyl (C=O) groups is 1. The highest BCUT2D eigenvalue weighted by molar-refractivity contribution is 5.82. The lowest BCUT2D eigenvalue weighted by atomic mass is 10.1. The zero-order valence-corrected chi connectivity index (χ0v) is 13.0. The van der Waals surface area contributed by atoms with Crippen LogP contribution in [0.1, 0.15) is 29.7 Å². The minimum atomic E-state index is -0.667. The Bertz CT molecular complexity index is 623. The van der Waals surface area contributed by atoms with Crippen molar-refractivity contribution >= 4 is 5.91 Å². The first-order valence-corrected chi connectivity index (χ1v) is 7.42. The second kappa shape index (κ2) is 7.61. The molecule has 4 nitrogen and oxygen atoms in total. The Kier molecular flexibility index (Phi) is 5.55. The molecule has 0 saturated carbocycles. The fraction of sp³-hybridized carbons (Fsp3) is 0.278. The normalized spacial score (nSPS) is 11.8. The van der Waals surface area contributed by atoms with E-state index in [4.69, 9.17) is 10.5 Å². The van der Waals surface area contributed by atoms with Gasteiger partial charge in [0.15, 0.2) is 0 Å². The number of aryl methyl sites for hydroxylation is 1. The van der Waals surface area contributed by atoms with Gasteiger partial charge in [-0.25, -0.2) is 0 Å². The number of rotatable bonds is 6. The first-order chi connectivity index (χ1) is 10.6. The average molecular weight is 298 g/mol. The molecule has 4 heteroatoms. The highest BCUT2D eigenvalue weighted by Gasteiger charge is 2.15. The Labute approximate surface area is 131 Å². The minimum Gasteiger partial charge on any atom is -0.494 e. The van der Waals surface area contributed by atoms with Gasteiger partial charge in [-0.15, -0.1) is 0 Å². The summed E-state index contributed by atoms with van der Waals surface area (Å²) >= 11 is 0. The zero-order valence-electron chi connectivity index (χ0n) is 13.0. The van der Waals surface area contributed by atoms with Gasteiger partial charge in [0.2, 0.25) is 5.91 Å². The Morgan fingerprint density at radius 1 is 1.18 bits per heavy atom. The Morgan fingerprint density at radius 2 is 1.86 bits per heavy atom. The van der Waals surface area contributed by atoms with E-state index in [-0.39, 0.29) is 5.91 Å². The Morgan fingerprint density at radius 3 is 2.55 bits per heavy atom. The molecule has 0 aromatic heterocycles. The summed E-state index contributed by atoms with van der Waals surface area (Å²) < 4.78 is 5.55. The molecule has 0 aliphatic rings. The standard InChI is InChI=1S/C18H22N2O2/c1-3-22-16-7-5-4-6-15(16)12-20-18(21)17(19)14-10-8-13(2)9-11-14/h4-11,17H,3,12,19H2,1-2H3,(H,20,21). The van der Waals surface area contributed by atoms with Crippen LogP contribution < -0.4 is 15.8 Å². The first-order valence-electron chi connectivity index (χ1n) is 7.42. The van der Waals surface area contributed by atoms with Gasteiger partial charge >= 0.3 is 0 Å². The van der Waals surface area contributed by atoms with E-state index in [0.29, 0.717) is 13.2 Å². The van der Waals surface area contributed by atoms with E-state index in [1.807, 2.05) is 62.4 Å². The molecular weight excluding hydrogens is 276 g/mol. The highest BCUT2D eigenvalue weighted by atomic mass is 16.5. The number of hydrogen-bond donors (Lipinski definition) is 2. The molecule has 1 unspecified atom stereocenters. The molecule has 22 heavy (non-hydrogen) atoms. The molecule has 0 bridgehead atoms. The van der Waals surface area contributed by atoms with Crippen molar-refractivity contribution in [3.8, 4) is 5.75 Å². The van der Waals surface area contributed by atoms with Gasteiger partial charge in [-0.2, -0.15) is 0 Å². The van der Waals surface area contributed by atoms with Crippen molar-refractivity contribution in [2.75, 3.05) is 6.61 Å². The predicted molar refractivity (Wildman–Crippen MR) is 87.6 cm³/mol. The van der Waals surface area contributed by atoms with Gasteiger partial charge < -0.3 is 15.8 Å². The summed E-state index contributed by atoms with van der Waals surface area (Å²) in [4.78, 5) is 12.2. The summed E-state index contributed by atoms with van der Waals surface area (Å²) in [6.07, 6.45) is 0. The Balaban J connectivity index is 1.99. The van der Waals surface area contributed by atoms with Crippen molar-refractivity contribution in [1.29, 1.82) is 0 Å². The molecule has 0 heterocycles. The number of ether oxygens (including phenoxy) is 1. The van der Waals surface area contributed by atoms with E-state index in [1.165, 1.54) is 0 Å². The van der Waals surface area contributed by atoms with E-state index >= 15 is 0 Å². The van der Waals surface area contributed by atoms with E-state index in [0.717, 1.165) is 22.4 Å². The van der Waals surface area contributed by atoms with E-state index in [2.05, 4.69) is 5.32 Å². The van der Waals surface area contributed by atoms with Crippen LogP contribution in [0.2, 0.25) is 0 Å². The third-order valence-electron chi connectivity index (χ3n) is 3.44. The minimum absolute atomic E-state index is 0.199. The van der Waals surface area contributed by atoms with Crippen molar-refractivity contribution in [2.45, 2.75) is 26.4 Å². The van der Waals surface area contributed by atoms with Crippen LogP contribution in [0, 0.1) is 6.92 Å². The lowest BCUT2D eigenvalue weighted by molar-refractivity contribution is -0.122. The maximum atomic E-state index is 12.2. The van der Waals surface area contributed by atoms with Crippen LogP contribution in [-0.2, 0) is 11.3 Å². The zero-order chi connectivity index (χ0) is 15.9. The van der Waals surface area contributed by atoms with Gasteiger partial charge in [-0.1, -0.05) is 48.0 Å². The number of amides is 1. The van der Waals surface area contributed by atoms with Crippen LogP contribution in [0.5, 0.6) is 5.75 Å². The summed E-state index contributed by atoms with van der Waals surface area (Å²) in [6, 6.07) is 14.7. The number of benzene rings is 2. The van der Waals surface area contributed by atoms with Crippen LogP contribution in [0.3, 0.4) is 0 Å². The monoisotopic (exact) mass is 298 g/mol. The largest absolute Gasteiger partial charge is 0.494 e. The van der Waals surface area contributed by atoms with E-state index in [1.54, 1.807) is 0 Å². The van der Waals surface area contributed by atoms with Crippen LogP contribution in [-0.4, -0.2) is 12.5 Å². The maximum absolute atomic E-state index is 12.2. The van der Waals surface area contributed by atoms with Crippen LogP contribution in [0.25, 0.3) is 0 Å². The smallest absolute Gasteiger partial charge is 0.241 e. The molecule has 0 aliphatic carbocycles. The quantitative estimate of drug-likeness (QED) is 0.862. The Hall–Kier alpha value is -2.33. The van der Waals surface area contributed by atoms with Crippen LogP contribution >= 0.6 is 0 Å². The molecular formula is C18H22N2O2. The number of nitrogens with one attached hydrogen (secondary N) is 1. The summed E-state index contributed by atoms with van der Waals surface area (Å²) in [5, 5.41) is 2.87. The molecule has 2 aromatic rings. The summed E-state index contributed by atoms with van der Waals surface area (Å²) in [5.74, 6) is 0.587. The molecule has 0 aliphatic heterocycles. The highest BCUT2D eigenvalue weighted by Crippen LogP contribution is 2.18. The molecule has 1 amide bonds. The van der Waals surface area contributed by atoms with Crippen molar-refractivity contribution in [3.63, 3.8) is 0 Å². The predicted octanol–water partition coefficient (Wildman–Crippen LogP) is 2.71. The van der Waals surface area contributed by atoms with Crippen molar-refractivity contribution < 1.29 is 9.53 Å². The molecule has 2 aromatic carbocycles. The second-order valence-corrected chi connectivity index (χ2v) is 5.15. The average Bonchev–Trinajstić information content (AvgIpc) is 2.54. The van der Waals surface area contributed by atoms with Gasteiger partial charge in [0.25, 0.3) is 0 Å². The lowest BCUT2D eigenvalue weighted by Gasteiger charge is -2.14. The summed E-state index contributed by atoms with van der Waals surface area (Å²) in [7, 11) is 0. The molecule has 0 spiro atoms. The van der Waals surface area contributed by atoms with Crippen LogP contribution in [0.15, 0.2) is 48.5 Å². The second-order valence-electron chi connectivity index (χ2n) is 5.15. The fourth-order valence-electron chi connectivity index (χ4n) is 2.16. The first kappa shape index (κ1) is 16.0. The van der Waals surface area contributed by atoms with Gasteiger partial charge in [0, 0.05) is 12.1 Å². The van der Waals surface area contributed by atoms with Crippen molar-refractivity contribution in [1.82, 2.24) is 5.32 Å². The summed E-state index contributed by atoms with van der Waals surface area (Å²) in [5.41, 5.74) is 8.89. The van der Waals surface area contributed by atoms with Gasteiger partial charge in [-0.05, 0) is 25.5 Å². The van der Waals surface area contributed by atoms with Crippen molar-refractivity contribution in [2.24, 2.45) is 5.73 Å². The molecule has 0 radical (unpaired) electrons. The van der Waals surface area contributed by atoms with E-state index in [9.17, 15) is 4.79 Å². The molecule has 0 saturated heterocycles. The molecule has 2 rings (SSSR count). The molecule has 116 valence electrons. The SMILES string of the molecule is CCOc1ccccc1CNC(=O)C(N)c1ccc(C)cc1. The van der Waals surface area contributed by atoms with Gasteiger partial charge in [-0.3, -0.25) is 4.79 Å². The number of para-hydroxylation sites is 1. The third-order valence-corrected chi connectivity index (χ3v) is 3.44. The van der Waals surface area contributed by atoms with E-state index < -0.39 is 6.04 Å². The fourth-order valence-corrected chi connectivity index (χ4v) is 2.16. The van der Waals surface area contributed by atoms with Gasteiger partial charge in [0.1, 0.15) is 11.8 Å². The molecule has 3 N–H and O–H groups in total. The number of carbonyl (C=O) groups excluding carboxylic acids is 1. The molecule has 1 atom stereocenters.